The summed E-state index contributed by atoms with van der Waals surface area (Å²) < 4.78 is 7.16. The third-order valence-electron chi connectivity index (χ3n) is 3.57. The number of likely N-dealkylation sites (tertiary alicyclic amines) is 1. The summed E-state index contributed by atoms with van der Waals surface area (Å²) in [6.07, 6.45) is 2.19. The molecular weight excluding hydrogens is 270 g/mol. The zero-order valence-corrected chi connectivity index (χ0v) is 11.9. The summed E-state index contributed by atoms with van der Waals surface area (Å²) in [5.41, 5.74) is 0.699. The van der Waals surface area contributed by atoms with E-state index >= 15 is 0 Å². The van der Waals surface area contributed by atoms with E-state index in [-0.39, 0.29) is 5.91 Å². The number of aromatic nitrogens is 4. The van der Waals surface area contributed by atoms with Crippen LogP contribution in [0.1, 0.15) is 29.0 Å². The fourth-order valence-electron chi connectivity index (χ4n) is 2.31. The molecule has 1 amide bonds. The van der Waals surface area contributed by atoms with Crippen LogP contribution in [0.3, 0.4) is 0 Å². The van der Waals surface area contributed by atoms with Crippen molar-refractivity contribution < 1.29 is 9.53 Å². The Balaban J connectivity index is 1.61. The van der Waals surface area contributed by atoms with Gasteiger partial charge in [0.05, 0.1) is 0 Å². The second kappa shape index (κ2) is 5.90. The highest BCUT2D eigenvalue weighted by Crippen LogP contribution is 2.17. The molecule has 2 aromatic rings. The van der Waals surface area contributed by atoms with E-state index in [4.69, 9.17) is 4.74 Å². The number of aryl methyl sites for hydroxylation is 1. The predicted octanol–water partition coefficient (Wildman–Crippen LogP) is 1.03. The molecule has 1 saturated heterocycles. The largest absolute Gasteiger partial charge is 0.486 e. The first kappa shape index (κ1) is 13.5. The lowest BCUT2D eigenvalue weighted by molar-refractivity contribution is 0.0793. The van der Waals surface area contributed by atoms with Crippen molar-refractivity contribution in [3.63, 3.8) is 0 Å². The quantitative estimate of drug-likeness (QED) is 0.839. The highest BCUT2D eigenvalue weighted by molar-refractivity contribution is 5.94. The molecule has 0 atom stereocenters. The van der Waals surface area contributed by atoms with Crippen LogP contribution in [0.5, 0.6) is 5.75 Å². The summed E-state index contributed by atoms with van der Waals surface area (Å²) in [6.45, 7) is 2.01. The summed E-state index contributed by atoms with van der Waals surface area (Å²) in [5.74, 6) is 1.43. The zero-order chi connectivity index (χ0) is 14.7. The van der Waals surface area contributed by atoms with Crippen LogP contribution >= 0.6 is 0 Å². The molecule has 1 aromatic heterocycles. The molecule has 2 heterocycles. The van der Waals surface area contributed by atoms with Crippen LogP contribution in [0, 0.1) is 0 Å². The van der Waals surface area contributed by atoms with Crippen LogP contribution < -0.4 is 4.74 Å². The predicted molar refractivity (Wildman–Crippen MR) is 74.7 cm³/mol. The van der Waals surface area contributed by atoms with Gasteiger partial charge in [-0.15, -0.1) is 5.10 Å². The molecule has 0 spiro atoms. The Bertz CT molecular complexity index is 617. The molecule has 0 aliphatic carbocycles. The van der Waals surface area contributed by atoms with Crippen LogP contribution in [-0.4, -0.2) is 44.1 Å². The third kappa shape index (κ3) is 3.01. The fraction of sp³-hybridized carbons (Fsp3) is 0.429. The number of hydrogen-bond acceptors (Lipinski definition) is 5. The normalized spacial score (nSPS) is 14.4. The summed E-state index contributed by atoms with van der Waals surface area (Å²) in [7, 11) is 1.76. The van der Waals surface area contributed by atoms with Gasteiger partial charge in [0.2, 0.25) is 0 Å². The van der Waals surface area contributed by atoms with E-state index < -0.39 is 0 Å². The lowest BCUT2D eigenvalue weighted by Gasteiger charge is -2.15. The van der Waals surface area contributed by atoms with E-state index in [2.05, 4.69) is 15.5 Å². The monoisotopic (exact) mass is 287 g/mol. The number of ether oxygens (including phenoxy) is 1. The lowest BCUT2D eigenvalue weighted by atomic mass is 10.2. The van der Waals surface area contributed by atoms with Gasteiger partial charge in [0.15, 0.2) is 5.82 Å². The van der Waals surface area contributed by atoms with Crippen LogP contribution in [0.15, 0.2) is 24.3 Å². The highest BCUT2D eigenvalue weighted by atomic mass is 16.5. The van der Waals surface area contributed by atoms with Crippen molar-refractivity contribution in [2.45, 2.75) is 19.4 Å². The number of rotatable bonds is 4. The maximum Gasteiger partial charge on any atom is 0.253 e. The van der Waals surface area contributed by atoms with Gasteiger partial charge in [-0.2, -0.15) is 0 Å². The van der Waals surface area contributed by atoms with Crippen molar-refractivity contribution >= 4 is 5.91 Å². The highest BCUT2D eigenvalue weighted by Gasteiger charge is 2.19. The van der Waals surface area contributed by atoms with Crippen LogP contribution in [0.4, 0.5) is 0 Å². The van der Waals surface area contributed by atoms with E-state index in [9.17, 15) is 4.79 Å². The molecule has 7 heteroatoms. The van der Waals surface area contributed by atoms with Gasteiger partial charge in [-0.05, 0) is 47.5 Å². The first-order valence-corrected chi connectivity index (χ1v) is 6.97. The molecule has 1 aromatic carbocycles. The molecule has 0 N–H and O–H groups in total. The molecule has 0 radical (unpaired) electrons. The van der Waals surface area contributed by atoms with E-state index in [0.717, 1.165) is 25.9 Å². The van der Waals surface area contributed by atoms with Gasteiger partial charge in [-0.3, -0.25) is 4.79 Å². The topological polar surface area (TPSA) is 73.1 Å². The SMILES string of the molecule is Cn1nnnc1COc1ccc(C(=O)N2CCCC2)cc1. The van der Waals surface area contributed by atoms with Gasteiger partial charge in [-0.25, -0.2) is 4.68 Å². The second-order valence-electron chi connectivity index (χ2n) is 5.03. The van der Waals surface area contributed by atoms with Crippen molar-refractivity contribution in [3.05, 3.63) is 35.7 Å². The minimum atomic E-state index is 0.0940. The molecule has 7 nitrogen and oxygen atoms in total. The summed E-state index contributed by atoms with van der Waals surface area (Å²) in [6, 6.07) is 7.19. The standard InChI is InChI=1S/C14H17N5O2/c1-18-13(15-16-17-18)10-21-12-6-4-11(5-7-12)14(20)19-8-2-3-9-19/h4-7H,2-3,8-10H2,1H3. The molecule has 0 unspecified atom stereocenters. The Morgan fingerprint density at radius 3 is 2.57 bits per heavy atom. The Hall–Kier alpha value is -2.44. The number of carbonyl (C=O) groups excluding carboxylic acids is 1. The third-order valence-corrected chi connectivity index (χ3v) is 3.57. The number of nitrogens with zero attached hydrogens (tertiary/aromatic N) is 5. The Kier molecular flexibility index (Phi) is 3.81. The number of tetrazole rings is 1. The van der Waals surface area contributed by atoms with Crippen LogP contribution in [0.25, 0.3) is 0 Å². The van der Waals surface area contributed by atoms with Crippen molar-refractivity contribution in [1.29, 1.82) is 0 Å². The van der Waals surface area contributed by atoms with Crippen molar-refractivity contribution in [2.75, 3.05) is 13.1 Å². The van der Waals surface area contributed by atoms with E-state index in [1.54, 1.807) is 36.0 Å². The van der Waals surface area contributed by atoms with Gasteiger partial charge in [0.25, 0.3) is 5.91 Å². The minimum absolute atomic E-state index is 0.0940. The molecule has 1 aliphatic heterocycles. The molecule has 21 heavy (non-hydrogen) atoms. The van der Waals surface area contributed by atoms with Gasteiger partial charge in [-0.1, -0.05) is 0 Å². The molecule has 110 valence electrons. The lowest BCUT2D eigenvalue weighted by Crippen LogP contribution is -2.27. The van der Waals surface area contributed by atoms with Gasteiger partial charge < -0.3 is 9.64 Å². The minimum Gasteiger partial charge on any atom is -0.486 e. The van der Waals surface area contributed by atoms with E-state index in [0.29, 0.717) is 23.7 Å². The zero-order valence-electron chi connectivity index (χ0n) is 11.9. The van der Waals surface area contributed by atoms with Crippen LogP contribution in [0.2, 0.25) is 0 Å². The van der Waals surface area contributed by atoms with Gasteiger partial charge >= 0.3 is 0 Å². The first-order valence-electron chi connectivity index (χ1n) is 6.97. The molecule has 3 rings (SSSR count). The van der Waals surface area contributed by atoms with Gasteiger partial charge in [0.1, 0.15) is 12.4 Å². The maximum atomic E-state index is 12.2. The number of amides is 1. The molecule has 0 bridgehead atoms. The smallest absolute Gasteiger partial charge is 0.253 e. The second-order valence-corrected chi connectivity index (χ2v) is 5.03. The molecule has 1 fully saturated rings. The van der Waals surface area contributed by atoms with Crippen molar-refractivity contribution in [3.8, 4) is 5.75 Å². The Morgan fingerprint density at radius 2 is 1.95 bits per heavy atom. The molecular formula is C14H17N5O2. The van der Waals surface area contributed by atoms with E-state index in [1.807, 2.05) is 4.90 Å². The Morgan fingerprint density at radius 1 is 1.24 bits per heavy atom. The maximum absolute atomic E-state index is 12.2. The number of benzene rings is 1. The first-order chi connectivity index (χ1) is 10.2. The molecule has 1 aliphatic rings. The summed E-state index contributed by atoms with van der Waals surface area (Å²) in [5, 5.41) is 11.1. The fourth-order valence-corrected chi connectivity index (χ4v) is 2.31. The van der Waals surface area contributed by atoms with Crippen LogP contribution in [-0.2, 0) is 13.7 Å². The van der Waals surface area contributed by atoms with Crippen molar-refractivity contribution in [1.82, 2.24) is 25.1 Å². The van der Waals surface area contributed by atoms with Crippen molar-refractivity contribution in [2.24, 2.45) is 7.05 Å². The Labute approximate surface area is 122 Å². The average Bonchev–Trinajstić information content (AvgIpc) is 3.17. The van der Waals surface area contributed by atoms with E-state index in [1.165, 1.54) is 0 Å². The summed E-state index contributed by atoms with van der Waals surface area (Å²) in [4.78, 5) is 14.1. The number of carbonyl (C=O) groups is 1. The van der Waals surface area contributed by atoms with Gasteiger partial charge in [0, 0.05) is 25.7 Å². The summed E-state index contributed by atoms with van der Waals surface area (Å²) >= 11 is 0. The average molecular weight is 287 g/mol. The number of hydrogen-bond donors (Lipinski definition) is 0. The molecule has 0 saturated carbocycles.